The number of fused-ring (bicyclic) bond motifs is 7. The third-order valence-electron chi connectivity index (χ3n) is 8.20. The van der Waals surface area contributed by atoms with E-state index in [4.69, 9.17) is 9.97 Å². The van der Waals surface area contributed by atoms with Gasteiger partial charge in [-0.3, -0.25) is 4.57 Å². The van der Waals surface area contributed by atoms with E-state index in [0.717, 1.165) is 39.1 Å². The number of benzene rings is 6. The molecular formula is C38H23N3S. The van der Waals surface area contributed by atoms with E-state index < -0.39 is 0 Å². The van der Waals surface area contributed by atoms with Crippen molar-refractivity contribution in [1.82, 2.24) is 14.5 Å². The van der Waals surface area contributed by atoms with E-state index in [-0.39, 0.29) is 0 Å². The Kier molecular flexibility index (Phi) is 5.07. The lowest BCUT2D eigenvalue weighted by Crippen LogP contribution is -2.03. The van der Waals surface area contributed by atoms with Gasteiger partial charge in [-0.25, -0.2) is 9.97 Å². The summed E-state index contributed by atoms with van der Waals surface area (Å²) in [5.41, 5.74) is 8.36. The van der Waals surface area contributed by atoms with Crippen LogP contribution in [-0.2, 0) is 0 Å². The molecular weight excluding hydrogens is 531 g/mol. The molecule has 9 aromatic rings. The van der Waals surface area contributed by atoms with Gasteiger partial charge in [-0.05, 0) is 41.5 Å². The lowest BCUT2D eigenvalue weighted by molar-refractivity contribution is 1.08. The van der Waals surface area contributed by atoms with Crippen LogP contribution >= 0.6 is 11.3 Å². The maximum atomic E-state index is 5.28. The summed E-state index contributed by atoms with van der Waals surface area (Å²) in [5.74, 6) is 0.836. The molecule has 0 spiro atoms. The zero-order valence-corrected chi connectivity index (χ0v) is 23.3. The first kappa shape index (κ1) is 23.4. The van der Waals surface area contributed by atoms with Crippen molar-refractivity contribution >= 4 is 64.3 Å². The van der Waals surface area contributed by atoms with Crippen molar-refractivity contribution in [1.29, 1.82) is 0 Å². The summed E-state index contributed by atoms with van der Waals surface area (Å²) in [5, 5.41) is 5.02. The van der Waals surface area contributed by atoms with Crippen LogP contribution < -0.4 is 0 Å². The van der Waals surface area contributed by atoms with Crippen LogP contribution in [0.2, 0.25) is 0 Å². The summed E-state index contributed by atoms with van der Waals surface area (Å²) >= 11 is 1.87. The highest BCUT2D eigenvalue weighted by atomic mass is 32.1. The molecule has 3 heterocycles. The fraction of sp³-hybridized carbons (Fsp3) is 0. The van der Waals surface area contributed by atoms with E-state index in [9.17, 15) is 0 Å². The molecule has 0 radical (unpaired) electrons. The number of nitrogens with zero attached hydrogens (tertiary/aromatic N) is 3. The Morgan fingerprint density at radius 1 is 0.476 bits per heavy atom. The van der Waals surface area contributed by atoms with Crippen LogP contribution in [0.4, 0.5) is 0 Å². The van der Waals surface area contributed by atoms with Gasteiger partial charge in [-0.1, -0.05) is 109 Å². The minimum atomic E-state index is 0.836. The molecule has 0 amide bonds. The Hall–Kier alpha value is -5.32. The Balaban J connectivity index is 1.38. The molecule has 0 atom stereocenters. The quantitative estimate of drug-likeness (QED) is 0.218. The minimum absolute atomic E-state index is 0.836. The SMILES string of the molecule is c1ccc(-c2nc3ccccc3nc2-n2c3ccccc3c3ccc(-c4cccc5c4sc4ccccc45)cc32)cc1. The van der Waals surface area contributed by atoms with Gasteiger partial charge >= 0.3 is 0 Å². The van der Waals surface area contributed by atoms with Crippen LogP contribution in [0.25, 0.3) is 81.2 Å². The molecule has 0 unspecified atom stereocenters. The summed E-state index contributed by atoms with van der Waals surface area (Å²) in [6.45, 7) is 0. The van der Waals surface area contributed by atoms with Gasteiger partial charge in [0.1, 0.15) is 5.69 Å². The van der Waals surface area contributed by atoms with Crippen LogP contribution in [0.15, 0.2) is 140 Å². The number of hydrogen-bond donors (Lipinski definition) is 0. The maximum Gasteiger partial charge on any atom is 0.165 e. The molecule has 42 heavy (non-hydrogen) atoms. The average molecular weight is 554 g/mol. The van der Waals surface area contributed by atoms with Crippen LogP contribution in [0, 0.1) is 0 Å². The predicted octanol–water partition coefficient (Wildman–Crippen LogP) is 10.4. The first-order valence-electron chi connectivity index (χ1n) is 14.1. The summed E-state index contributed by atoms with van der Waals surface area (Å²) in [6, 6.07) is 49.4. The van der Waals surface area contributed by atoms with Crippen molar-refractivity contribution in [3.63, 3.8) is 0 Å². The third-order valence-corrected chi connectivity index (χ3v) is 9.42. The van der Waals surface area contributed by atoms with Crippen molar-refractivity contribution < 1.29 is 0 Å². The highest BCUT2D eigenvalue weighted by Gasteiger charge is 2.20. The zero-order chi connectivity index (χ0) is 27.6. The Bertz CT molecular complexity index is 2470. The second-order valence-corrected chi connectivity index (χ2v) is 11.7. The van der Waals surface area contributed by atoms with E-state index in [2.05, 4.69) is 114 Å². The second-order valence-electron chi connectivity index (χ2n) is 10.6. The fourth-order valence-corrected chi connectivity index (χ4v) is 7.52. The number of rotatable bonds is 3. The van der Waals surface area contributed by atoms with Gasteiger partial charge < -0.3 is 0 Å². The van der Waals surface area contributed by atoms with E-state index in [1.54, 1.807) is 0 Å². The van der Waals surface area contributed by atoms with Crippen molar-refractivity contribution in [2.24, 2.45) is 0 Å². The van der Waals surface area contributed by atoms with Crippen molar-refractivity contribution in [2.45, 2.75) is 0 Å². The van der Waals surface area contributed by atoms with Gasteiger partial charge in [0.2, 0.25) is 0 Å². The van der Waals surface area contributed by atoms with Gasteiger partial charge in [-0.2, -0.15) is 0 Å². The second kappa shape index (κ2) is 9.10. The first-order valence-corrected chi connectivity index (χ1v) is 14.9. The summed E-state index contributed by atoms with van der Waals surface area (Å²) in [7, 11) is 0. The van der Waals surface area contributed by atoms with Crippen LogP contribution in [0.3, 0.4) is 0 Å². The Morgan fingerprint density at radius 3 is 2.05 bits per heavy atom. The molecule has 9 rings (SSSR count). The van der Waals surface area contributed by atoms with E-state index >= 15 is 0 Å². The molecule has 0 aliphatic carbocycles. The largest absolute Gasteiger partial charge is 0.292 e. The van der Waals surface area contributed by atoms with Gasteiger partial charge in [0.15, 0.2) is 5.82 Å². The molecule has 4 heteroatoms. The molecule has 0 aliphatic rings. The number of thiophene rings is 1. The molecule has 6 aromatic carbocycles. The van der Waals surface area contributed by atoms with Crippen LogP contribution in [0.1, 0.15) is 0 Å². The molecule has 0 aliphatic heterocycles. The highest BCUT2D eigenvalue weighted by molar-refractivity contribution is 7.26. The van der Waals surface area contributed by atoms with Crippen molar-refractivity contribution in [2.75, 3.05) is 0 Å². The van der Waals surface area contributed by atoms with E-state index in [1.165, 1.54) is 42.1 Å². The van der Waals surface area contributed by atoms with Gasteiger partial charge in [0, 0.05) is 36.5 Å². The average Bonchev–Trinajstić information content (AvgIpc) is 3.60. The predicted molar refractivity (Wildman–Crippen MR) is 178 cm³/mol. The first-order chi connectivity index (χ1) is 20.8. The van der Waals surface area contributed by atoms with E-state index in [0.29, 0.717) is 0 Å². The minimum Gasteiger partial charge on any atom is -0.292 e. The fourth-order valence-electron chi connectivity index (χ4n) is 6.28. The molecule has 0 saturated heterocycles. The van der Waals surface area contributed by atoms with Crippen molar-refractivity contribution in [3.8, 4) is 28.2 Å². The number of hydrogen-bond acceptors (Lipinski definition) is 3. The van der Waals surface area contributed by atoms with Gasteiger partial charge in [-0.15, -0.1) is 11.3 Å². The molecule has 3 aromatic heterocycles. The van der Waals surface area contributed by atoms with Crippen LogP contribution in [0.5, 0.6) is 0 Å². The highest BCUT2D eigenvalue weighted by Crippen LogP contribution is 2.42. The molecule has 0 saturated carbocycles. The lowest BCUT2D eigenvalue weighted by Gasteiger charge is -2.14. The number of para-hydroxylation sites is 3. The van der Waals surface area contributed by atoms with Crippen molar-refractivity contribution in [3.05, 3.63) is 140 Å². The summed E-state index contributed by atoms with van der Waals surface area (Å²) in [4.78, 5) is 10.5. The molecule has 3 nitrogen and oxygen atoms in total. The Labute approximate surface area is 246 Å². The van der Waals surface area contributed by atoms with Crippen LogP contribution in [-0.4, -0.2) is 14.5 Å². The van der Waals surface area contributed by atoms with Gasteiger partial charge in [0.25, 0.3) is 0 Å². The Morgan fingerprint density at radius 2 is 1.17 bits per heavy atom. The zero-order valence-electron chi connectivity index (χ0n) is 22.5. The summed E-state index contributed by atoms with van der Waals surface area (Å²) in [6.07, 6.45) is 0. The maximum absolute atomic E-state index is 5.28. The third kappa shape index (κ3) is 3.46. The topological polar surface area (TPSA) is 30.7 Å². The van der Waals surface area contributed by atoms with Gasteiger partial charge in [0.05, 0.1) is 22.1 Å². The molecule has 0 bridgehead atoms. The normalized spacial score (nSPS) is 11.8. The molecule has 0 fully saturated rings. The summed E-state index contributed by atoms with van der Waals surface area (Å²) < 4.78 is 4.94. The molecule has 196 valence electrons. The molecule has 0 N–H and O–H groups in total. The standard InChI is InChI=1S/C38H23N3S/c1-2-11-24(12-3-1)36-38(40-32-18-7-6-17-31(32)39-36)41-33-19-8-4-13-27(33)28-22-21-25(23-34(28)41)26-15-10-16-30-29-14-5-9-20-35(29)42-37(26)30/h1-23H. The monoisotopic (exact) mass is 553 g/mol. The lowest BCUT2D eigenvalue weighted by atomic mass is 10.0. The smallest absolute Gasteiger partial charge is 0.165 e. The van der Waals surface area contributed by atoms with E-state index in [1.807, 2.05) is 41.7 Å². The number of aromatic nitrogens is 3.